The van der Waals surface area contributed by atoms with Crippen molar-refractivity contribution in [1.82, 2.24) is 10.6 Å². The summed E-state index contributed by atoms with van der Waals surface area (Å²) in [5.41, 5.74) is 0. The Bertz CT molecular complexity index is 182. The van der Waals surface area contributed by atoms with Gasteiger partial charge in [0.2, 0.25) is 5.91 Å². The van der Waals surface area contributed by atoms with E-state index < -0.39 is 0 Å². The Morgan fingerprint density at radius 3 is 2.79 bits per heavy atom. The first kappa shape index (κ1) is 11.5. The first-order valence-corrected chi connectivity index (χ1v) is 5.68. The predicted octanol–water partition coefficient (Wildman–Crippen LogP) is 1.29. The summed E-state index contributed by atoms with van der Waals surface area (Å²) in [6.45, 7) is 3.15. The van der Waals surface area contributed by atoms with Crippen molar-refractivity contribution in [3.05, 3.63) is 0 Å². The number of carbonyl (C=O) groups is 1. The molecular weight excluding hydrogens is 176 g/mol. The molecule has 2 N–H and O–H groups in total. The highest BCUT2D eigenvalue weighted by atomic mass is 16.1. The number of hydrogen-bond donors (Lipinski definition) is 2. The summed E-state index contributed by atoms with van der Waals surface area (Å²) in [6, 6.07) is 0.442. The van der Waals surface area contributed by atoms with Gasteiger partial charge in [-0.1, -0.05) is 13.3 Å². The van der Waals surface area contributed by atoms with Gasteiger partial charge in [0.25, 0.3) is 0 Å². The number of amides is 1. The molecule has 82 valence electrons. The Morgan fingerprint density at radius 1 is 1.43 bits per heavy atom. The Kier molecular flexibility index (Phi) is 4.94. The molecule has 2 atom stereocenters. The monoisotopic (exact) mass is 198 g/mol. The van der Waals surface area contributed by atoms with Crippen LogP contribution in [-0.2, 0) is 4.79 Å². The molecule has 14 heavy (non-hydrogen) atoms. The van der Waals surface area contributed by atoms with Crippen LogP contribution in [0, 0.1) is 5.92 Å². The van der Waals surface area contributed by atoms with E-state index in [2.05, 4.69) is 17.6 Å². The van der Waals surface area contributed by atoms with Crippen LogP contribution < -0.4 is 10.6 Å². The second-order valence-electron chi connectivity index (χ2n) is 4.29. The van der Waals surface area contributed by atoms with Crippen molar-refractivity contribution in [2.24, 2.45) is 5.92 Å². The molecule has 1 rings (SSSR count). The Morgan fingerprint density at radius 2 is 2.21 bits per heavy atom. The quantitative estimate of drug-likeness (QED) is 0.654. The van der Waals surface area contributed by atoms with Gasteiger partial charge in [0, 0.05) is 12.5 Å². The molecule has 0 radical (unpaired) electrons. The van der Waals surface area contributed by atoms with E-state index in [1.165, 1.54) is 19.3 Å². The molecule has 1 amide bonds. The van der Waals surface area contributed by atoms with Gasteiger partial charge in [-0.15, -0.1) is 0 Å². The first-order valence-electron chi connectivity index (χ1n) is 5.68. The zero-order valence-electron chi connectivity index (χ0n) is 9.31. The number of rotatable bonds is 5. The average Bonchev–Trinajstić information content (AvgIpc) is 2.52. The van der Waals surface area contributed by atoms with Crippen molar-refractivity contribution >= 4 is 5.91 Å². The van der Waals surface area contributed by atoms with E-state index in [4.69, 9.17) is 0 Å². The number of hydrogen-bond acceptors (Lipinski definition) is 2. The third-order valence-electron chi connectivity index (χ3n) is 3.04. The van der Waals surface area contributed by atoms with Gasteiger partial charge in [-0.2, -0.15) is 0 Å². The minimum Gasteiger partial charge on any atom is -0.353 e. The molecule has 3 heteroatoms. The lowest BCUT2D eigenvalue weighted by molar-refractivity contribution is -0.122. The summed E-state index contributed by atoms with van der Waals surface area (Å²) >= 11 is 0. The normalized spacial score (nSPS) is 26.4. The second-order valence-corrected chi connectivity index (χ2v) is 4.29. The highest BCUT2D eigenvalue weighted by molar-refractivity contribution is 5.76. The summed E-state index contributed by atoms with van der Waals surface area (Å²) in [5, 5.41) is 6.17. The van der Waals surface area contributed by atoms with E-state index in [0.29, 0.717) is 18.4 Å². The molecule has 1 saturated carbocycles. The van der Waals surface area contributed by atoms with Crippen LogP contribution >= 0.6 is 0 Å². The highest BCUT2D eigenvalue weighted by Gasteiger charge is 2.24. The van der Waals surface area contributed by atoms with Crippen LogP contribution in [0.1, 0.15) is 39.0 Å². The van der Waals surface area contributed by atoms with Crippen molar-refractivity contribution in [3.63, 3.8) is 0 Å². The zero-order valence-corrected chi connectivity index (χ0v) is 9.31. The SMILES string of the molecule is CNCCCC(=O)NC1CCCC1C. The van der Waals surface area contributed by atoms with Gasteiger partial charge in [-0.3, -0.25) is 4.79 Å². The summed E-state index contributed by atoms with van der Waals surface area (Å²) in [5.74, 6) is 0.891. The molecule has 0 saturated heterocycles. The molecule has 0 bridgehead atoms. The smallest absolute Gasteiger partial charge is 0.220 e. The van der Waals surface area contributed by atoms with Crippen LogP contribution in [-0.4, -0.2) is 25.5 Å². The maximum Gasteiger partial charge on any atom is 0.220 e. The Balaban J connectivity index is 2.13. The molecule has 0 aromatic carbocycles. The molecule has 0 aromatic rings. The summed E-state index contributed by atoms with van der Waals surface area (Å²) in [7, 11) is 1.91. The summed E-state index contributed by atoms with van der Waals surface area (Å²) in [6.07, 6.45) is 5.29. The van der Waals surface area contributed by atoms with Crippen LogP contribution in [0.15, 0.2) is 0 Å². The van der Waals surface area contributed by atoms with E-state index >= 15 is 0 Å². The first-order chi connectivity index (χ1) is 6.74. The molecule has 3 nitrogen and oxygen atoms in total. The lowest BCUT2D eigenvalue weighted by Gasteiger charge is -2.17. The molecule has 0 aliphatic heterocycles. The molecular formula is C11H22N2O. The van der Waals surface area contributed by atoms with Crippen molar-refractivity contribution in [2.75, 3.05) is 13.6 Å². The lowest BCUT2D eigenvalue weighted by atomic mass is 10.1. The van der Waals surface area contributed by atoms with E-state index in [0.717, 1.165) is 13.0 Å². The molecule has 1 aliphatic carbocycles. The van der Waals surface area contributed by atoms with E-state index in [1.54, 1.807) is 0 Å². The van der Waals surface area contributed by atoms with Crippen LogP contribution in [0.4, 0.5) is 0 Å². The zero-order chi connectivity index (χ0) is 10.4. The van der Waals surface area contributed by atoms with Gasteiger partial charge >= 0.3 is 0 Å². The van der Waals surface area contributed by atoms with Gasteiger partial charge in [-0.25, -0.2) is 0 Å². The fourth-order valence-corrected chi connectivity index (χ4v) is 2.06. The number of nitrogens with one attached hydrogen (secondary N) is 2. The fraction of sp³-hybridized carbons (Fsp3) is 0.909. The number of carbonyl (C=O) groups excluding carboxylic acids is 1. The Hall–Kier alpha value is -0.570. The molecule has 0 heterocycles. The van der Waals surface area contributed by atoms with Crippen LogP contribution in [0.25, 0.3) is 0 Å². The highest BCUT2D eigenvalue weighted by Crippen LogP contribution is 2.24. The minimum atomic E-state index is 0.221. The van der Waals surface area contributed by atoms with Crippen LogP contribution in [0.5, 0.6) is 0 Å². The third-order valence-corrected chi connectivity index (χ3v) is 3.04. The van der Waals surface area contributed by atoms with Gasteiger partial charge in [0.1, 0.15) is 0 Å². The van der Waals surface area contributed by atoms with E-state index in [9.17, 15) is 4.79 Å². The predicted molar refractivity (Wildman–Crippen MR) is 58.1 cm³/mol. The molecule has 0 spiro atoms. The van der Waals surface area contributed by atoms with E-state index in [1.807, 2.05) is 7.05 Å². The second kappa shape index (κ2) is 6.02. The third kappa shape index (κ3) is 3.66. The van der Waals surface area contributed by atoms with Crippen LogP contribution in [0.2, 0.25) is 0 Å². The van der Waals surface area contributed by atoms with Gasteiger partial charge < -0.3 is 10.6 Å². The maximum atomic E-state index is 11.5. The largest absolute Gasteiger partial charge is 0.353 e. The van der Waals surface area contributed by atoms with Crippen molar-refractivity contribution in [2.45, 2.75) is 45.1 Å². The topological polar surface area (TPSA) is 41.1 Å². The van der Waals surface area contributed by atoms with Crippen molar-refractivity contribution < 1.29 is 4.79 Å². The summed E-state index contributed by atoms with van der Waals surface area (Å²) < 4.78 is 0. The minimum absolute atomic E-state index is 0.221. The molecule has 0 aromatic heterocycles. The van der Waals surface area contributed by atoms with Gasteiger partial charge in [0.05, 0.1) is 0 Å². The lowest BCUT2D eigenvalue weighted by Crippen LogP contribution is -2.36. The maximum absolute atomic E-state index is 11.5. The molecule has 1 aliphatic rings. The van der Waals surface area contributed by atoms with E-state index in [-0.39, 0.29) is 5.91 Å². The molecule has 2 unspecified atom stereocenters. The fourth-order valence-electron chi connectivity index (χ4n) is 2.06. The standard InChI is InChI=1S/C11H22N2O/c1-9-5-3-6-10(9)13-11(14)7-4-8-12-2/h9-10,12H,3-8H2,1-2H3,(H,13,14). The van der Waals surface area contributed by atoms with Crippen molar-refractivity contribution in [1.29, 1.82) is 0 Å². The van der Waals surface area contributed by atoms with Crippen LogP contribution in [0.3, 0.4) is 0 Å². The average molecular weight is 198 g/mol. The van der Waals surface area contributed by atoms with Gasteiger partial charge in [0.15, 0.2) is 0 Å². The van der Waals surface area contributed by atoms with Gasteiger partial charge in [-0.05, 0) is 38.8 Å². The van der Waals surface area contributed by atoms with Crippen molar-refractivity contribution in [3.8, 4) is 0 Å². The molecule has 1 fully saturated rings. The summed E-state index contributed by atoms with van der Waals surface area (Å²) in [4.78, 5) is 11.5. The Labute approximate surface area is 86.6 Å².